The lowest BCUT2D eigenvalue weighted by Crippen LogP contribution is -1.99. The van der Waals surface area contributed by atoms with Crippen LogP contribution in [-0.2, 0) is 16.1 Å². The fourth-order valence-corrected chi connectivity index (χ4v) is 3.44. The molecule has 0 aromatic carbocycles. The van der Waals surface area contributed by atoms with Crippen LogP contribution in [0.5, 0.6) is 0 Å². The molecule has 4 heteroatoms. The van der Waals surface area contributed by atoms with Crippen molar-refractivity contribution in [3.63, 3.8) is 0 Å². The highest BCUT2D eigenvalue weighted by atomic mass is 32.2. The minimum absolute atomic E-state index is 0.467. The van der Waals surface area contributed by atoms with Crippen molar-refractivity contribution in [2.45, 2.75) is 18.2 Å². The summed E-state index contributed by atoms with van der Waals surface area (Å²) >= 11 is 0. The number of pyridine rings is 1. The van der Waals surface area contributed by atoms with Gasteiger partial charge in [-0.05, 0) is 25.0 Å². The molecule has 0 spiro atoms. The molecule has 3 nitrogen and oxygen atoms in total. The maximum atomic E-state index is 11.7. The van der Waals surface area contributed by atoms with Gasteiger partial charge in [0.25, 0.3) is 0 Å². The first-order chi connectivity index (χ1) is 5.61. The second-order valence-electron chi connectivity index (χ2n) is 3.01. The fraction of sp³-hybridized carbons (Fsp3) is 0.375. The molecule has 1 aromatic rings. The van der Waals surface area contributed by atoms with E-state index in [0.29, 0.717) is 10.6 Å². The summed E-state index contributed by atoms with van der Waals surface area (Å²) in [4.78, 5) is 4.73. The molecule has 1 N–H and O–H groups in total. The Hall–Kier alpha value is -0.900. The van der Waals surface area contributed by atoms with E-state index in [0.717, 1.165) is 17.7 Å². The molecule has 0 amide bonds. The van der Waals surface area contributed by atoms with Crippen molar-refractivity contribution in [3.8, 4) is 0 Å². The summed E-state index contributed by atoms with van der Waals surface area (Å²) in [6.45, 7) is 1.82. The third-order valence-corrected chi connectivity index (χ3v) is 4.15. The summed E-state index contributed by atoms with van der Waals surface area (Å²) in [5.41, 5.74) is 1.80. The third-order valence-electron chi connectivity index (χ3n) is 2.15. The lowest BCUT2D eigenvalue weighted by atomic mass is 10.2. The van der Waals surface area contributed by atoms with E-state index in [1.807, 2.05) is 13.0 Å². The zero-order chi connectivity index (χ0) is 8.77. The summed E-state index contributed by atoms with van der Waals surface area (Å²) < 4.78 is 19.3. The molecule has 2 heterocycles. The first-order valence-electron chi connectivity index (χ1n) is 3.82. The molecule has 0 saturated heterocycles. The van der Waals surface area contributed by atoms with Crippen LogP contribution >= 0.6 is 0 Å². The highest BCUT2D eigenvalue weighted by Crippen LogP contribution is 2.27. The Bertz CT molecular complexity index is 423. The number of aryl methyl sites for hydroxylation is 2. The average Bonchev–Trinajstić information content (AvgIpc) is 2.29. The third kappa shape index (κ3) is 0.948. The molecule has 1 aliphatic rings. The molecule has 1 atom stereocenters. The molecule has 1 aliphatic heterocycles. The minimum atomic E-state index is -2.50. The molecule has 0 saturated carbocycles. The van der Waals surface area contributed by atoms with Crippen molar-refractivity contribution in [1.82, 2.24) is 4.98 Å². The molecule has 12 heavy (non-hydrogen) atoms. The Labute approximate surface area is 71.8 Å². The zero-order valence-corrected chi connectivity index (χ0v) is 7.65. The Kier molecular flexibility index (Phi) is 1.48. The maximum absolute atomic E-state index is 11.7. The lowest BCUT2D eigenvalue weighted by molar-refractivity contribution is 0.677. The average molecular weight is 182 g/mol. The second kappa shape index (κ2) is 2.29. The van der Waals surface area contributed by atoms with Gasteiger partial charge in [0, 0.05) is 11.9 Å². The molecule has 1 aromatic heterocycles. The number of nitrogens with zero attached hydrogens (tertiary/aromatic N) is 1. The first kappa shape index (κ1) is 7.73. The monoisotopic (exact) mass is 182 g/mol. The van der Waals surface area contributed by atoms with Crippen molar-refractivity contribution < 1.29 is 4.21 Å². The highest BCUT2D eigenvalue weighted by molar-refractivity contribution is 7.92. The molecule has 64 valence electrons. The van der Waals surface area contributed by atoms with Crippen LogP contribution in [0.3, 0.4) is 0 Å². The zero-order valence-electron chi connectivity index (χ0n) is 6.83. The predicted octanol–water partition coefficient (Wildman–Crippen LogP) is 1.35. The quantitative estimate of drug-likeness (QED) is 0.658. The van der Waals surface area contributed by atoms with Crippen molar-refractivity contribution in [2.24, 2.45) is 0 Å². The normalized spacial score (nSPS) is 27.1. The van der Waals surface area contributed by atoms with Gasteiger partial charge < -0.3 is 0 Å². The number of hydrogen-bond donors (Lipinski definition) is 1. The topological polar surface area (TPSA) is 53.8 Å². The van der Waals surface area contributed by atoms with Gasteiger partial charge in [0.05, 0.1) is 20.3 Å². The van der Waals surface area contributed by atoms with Crippen molar-refractivity contribution in [2.75, 3.05) is 5.75 Å². The van der Waals surface area contributed by atoms with Crippen LogP contribution in [0, 0.1) is 11.7 Å². The van der Waals surface area contributed by atoms with E-state index in [1.54, 1.807) is 6.20 Å². The Morgan fingerprint density at radius 2 is 2.42 bits per heavy atom. The maximum Gasteiger partial charge on any atom is 0.0750 e. The Morgan fingerprint density at radius 3 is 3.08 bits per heavy atom. The van der Waals surface area contributed by atoms with Gasteiger partial charge in [0.1, 0.15) is 0 Å². The summed E-state index contributed by atoms with van der Waals surface area (Å²) in [6.07, 6.45) is 2.48. The van der Waals surface area contributed by atoms with Gasteiger partial charge >= 0.3 is 0 Å². The first-order valence-corrected chi connectivity index (χ1v) is 5.55. The number of fused-ring (bicyclic) bond motifs is 1. The van der Waals surface area contributed by atoms with Crippen LogP contribution in [0.4, 0.5) is 0 Å². The van der Waals surface area contributed by atoms with E-state index in [4.69, 9.17) is 4.78 Å². The van der Waals surface area contributed by atoms with Gasteiger partial charge in [0.15, 0.2) is 0 Å². The van der Waals surface area contributed by atoms with Crippen LogP contribution in [0.15, 0.2) is 17.2 Å². The van der Waals surface area contributed by atoms with Gasteiger partial charge in [-0.15, -0.1) is 0 Å². The van der Waals surface area contributed by atoms with Crippen LogP contribution in [-0.4, -0.2) is 14.9 Å². The van der Waals surface area contributed by atoms with Crippen LogP contribution < -0.4 is 0 Å². The summed E-state index contributed by atoms with van der Waals surface area (Å²) in [5, 5.41) is 0. The molecular weight excluding hydrogens is 172 g/mol. The van der Waals surface area contributed by atoms with Crippen molar-refractivity contribution >= 4 is 9.73 Å². The molecule has 0 unspecified atom stereocenters. The number of aromatic nitrogens is 1. The molecule has 0 fully saturated rings. The molecule has 0 aliphatic carbocycles. The Balaban J connectivity index is 2.81. The van der Waals surface area contributed by atoms with Crippen molar-refractivity contribution in [1.29, 1.82) is 4.78 Å². The van der Waals surface area contributed by atoms with Crippen molar-refractivity contribution in [3.05, 3.63) is 23.5 Å². The predicted molar refractivity (Wildman–Crippen MR) is 46.7 cm³/mol. The smallest absolute Gasteiger partial charge is 0.0750 e. The van der Waals surface area contributed by atoms with Gasteiger partial charge in [0.2, 0.25) is 0 Å². The van der Waals surface area contributed by atoms with Crippen LogP contribution in [0.2, 0.25) is 0 Å². The van der Waals surface area contributed by atoms with E-state index in [9.17, 15) is 4.21 Å². The standard InChI is InChI=1S/C8H10N2OS/c1-6-8-7(2-4-10-6)3-5-12(8,9)11/h2,4,9H,3,5H2,1H3/t12-/m0/s1. The fourth-order valence-electron chi connectivity index (χ4n) is 1.61. The number of hydrogen-bond acceptors (Lipinski definition) is 3. The number of nitrogens with one attached hydrogen (secondary N) is 1. The minimum Gasteiger partial charge on any atom is -0.260 e. The van der Waals surface area contributed by atoms with E-state index in [1.165, 1.54) is 0 Å². The highest BCUT2D eigenvalue weighted by Gasteiger charge is 2.24. The SMILES string of the molecule is Cc1nccc2c1[S@@](=N)(=O)CC2. The van der Waals surface area contributed by atoms with Gasteiger partial charge in [-0.2, -0.15) is 0 Å². The van der Waals surface area contributed by atoms with Crippen LogP contribution in [0.25, 0.3) is 0 Å². The molecule has 0 radical (unpaired) electrons. The van der Waals surface area contributed by atoms with Crippen LogP contribution in [0.1, 0.15) is 11.3 Å². The Morgan fingerprint density at radius 1 is 1.67 bits per heavy atom. The molecular formula is C8H10N2OS. The number of rotatable bonds is 0. The van der Waals surface area contributed by atoms with Gasteiger partial charge in [-0.25, -0.2) is 8.99 Å². The summed E-state index contributed by atoms with van der Waals surface area (Å²) in [5.74, 6) is 0.467. The van der Waals surface area contributed by atoms with E-state index < -0.39 is 9.73 Å². The second-order valence-corrected chi connectivity index (χ2v) is 5.18. The summed E-state index contributed by atoms with van der Waals surface area (Å²) in [7, 11) is -2.50. The van der Waals surface area contributed by atoms with E-state index in [-0.39, 0.29) is 0 Å². The molecule has 2 rings (SSSR count). The van der Waals surface area contributed by atoms with E-state index in [2.05, 4.69) is 4.98 Å². The van der Waals surface area contributed by atoms with Gasteiger partial charge in [-0.3, -0.25) is 4.98 Å². The molecule has 0 bridgehead atoms. The largest absolute Gasteiger partial charge is 0.260 e. The van der Waals surface area contributed by atoms with Gasteiger partial charge in [-0.1, -0.05) is 0 Å². The summed E-state index contributed by atoms with van der Waals surface area (Å²) in [6, 6.07) is 1.86. The van der Waals surface area contributed by atoms with E-state index >= 15 is 0 Å². The lowest BCUT2D eigenvalue weighted by Gasteiger charge is -2.02.